The molecule has 0 N–H and O–H groups in total. The molecule has 0 saturated heterocycles. The van der Waals surface area contributed by atoms with Crippen LogP contribution in [-0.2, 0) is 0 Å². The van der Waals surface area contributed by atoms with Gasteiger partial charge in [-0.05, 0) is 46.8 Å². The summed E-state index contributed by atoms with van der Waals surface area (Å²) in [5.74, 6) is 0.486. The van der Waals surface area contributed by atoms with E-state index in [4.69, 9.17) is 0 Å². The Morgan fingerprint density at radius 3 is 2.42 bits per heavy atom. The number of halogens is 1. The van der Waals surface area contributed by atoms with Crippen molar-refractivity contribution in [3.63, 3.8) is 0 Å². The predicted molar refractivity (Wildman–Crippen MR) is 82.2 cm³/mol. The molecule has 0 saturated carbocycles. The number of pyridine rings is 1. The molecule has 1 amide bonds. The minimum atomic E-state index is 0.0312. The van der Waals surface area contributed by atoms with Crippen molar-refractivity contribution in [2.75, 3.05) is 6.54 Å². The fraction of sp³-hybridized carbons (Fsp3) is 0.600. The summed E-state index contributed by atoms with van der Waals surface area (Å²) in [5.41, 5.74) is 0.516. The predicted octanol–water partition coefficient (Wildman–Crippen LogP) is 4.13. The molecule has 0 bridgehead atoms. The van der Waals surface area contributed by atoms with Crippen LogP contribution in [0.4, 0.5) is 0 Å². The van der Waals surface area contributed by atoms with Gasteiger partial charge in [0.05, 0.1) is 0 Å². The van der Waals surface area contributed by atoms with Crippen LogP contribution in [-0.4, -0.2) is 28.4 Å². The number of aromatic nitrogens is 1. The van der Waals surface area contributed by atoms with E-state index in [1.807, 2.05) is 17.0 Å². The van der Waals surface area contributed by atoms with E-state index in [9.17, 15) is 4.79 Å². The van der Waals surface area contributed by atoms with Crippen molar-refractivity contribution in [1.29, 1.82) is 0 Å². The maximum atomic E-state index is 12.6. The van der Waals surface area contributed by atoms with E-state index in [1.54, 1.807) is 6.07 Å². The first-order valence-electron chi connectivity index (χ1n) is 6.93. The summed E-state index contributed by atoms with van der Waals surface area (Å²) in [7, 11) is 0. The number of carbonyl (C=O) groups excluding carboxylic acids is 1. The molecule has 106 valence electrons. The van der Waals surface area contributed by atoms with Crippen molar-refractivity contribution in [3.8, 4) is 0 Å². The van der Waals surface area contributed by atoms with E-state index in [2.05, 4.69) is 48.6 Å². The van der Waals surface area contributed by atoms with Gasteiger partial charge in [0.2, 0.25) is 0 Å². The van der Waals surface area contributed by atoms with Gasteiger partial charge < -0.3 is 4.90 Å². The number of hydrogen-bond acceptors (Lipinski definition) is 2. The molecular formula is C15H23BrN2O. The first-order chi connectivity index (χ1) is 8.99. The van der Waals surface area contributed by atoms with Crippen LogP contribution in [0.25, 0.3) is 0 Å². The summed E-state index contributed by atoms with van der Waals surface area (Å²) in [5, 5.41) is 0. The number of amides is 1. The highest BCUT2D eigenvalue weighted by Crippen LogP contribution is 2.16. The second-order valence-electron chi connectivity index (χ2n) is 5.17. The second kappa shape index (κ2) is 7.63. The van der Waals surface area contributed by atoms with E-state index >= 15 is 0 Å². The molecule has 0 aliphatic carbocycles. The summed E-state index contributed by atoms with van der Waals surface area (Å²) >= 11 is 3.32. The lowest BCUT2D eigenvalue weighted by molar-refractivity contribution is 0.0634. The zero-order valence-electron chi connectivity index (χ0n) is 12.2. The van der Waals surface area contributed by atoms with E-state index in [1.165, 1.54) is 0 Å². The van der Waals surface area contributed by atoms with Gasteiger partial charge in [0.1, 0.15) is 10.3 Å². The van der Waals surface area contributed by atoms with Gasteiger partial charge in [0, 0.05) is 12.6 Å². The van der Waals surface area contributed by atoms with Gasteiger partial charge in [-0.2, -0.15) is 0 Å². The van der Waals surface area contributed by atoms with Crippen molar-refractivity contribution in [2.24, 2.45) is 5.92 Å². The fourth-order valence-corrected chi connectivity index (χ4v) is 2.54. The van der Waals surface area contributed by atoms with Crippen LogP contribution in [0.1, 0.15) is 51.0 Å². The molecule has 1 aromatic heterocycles. The number of hydrogen-bond donors (Lipinski definition) is 0. The molecule has 3 nitrogen and oxygen atoms in total. The highest BCUT2D eigenvalue weighted by atomic mass is 79.9. The third-order valence-corrected chi connectivity index (χ3v) is 3.58. The summed E-state index contributed by atoms with van der Waals surface area (Å²) in [4.78, 5) is 18.9. The monoisotopic (exact) mass is 326 g/mol. The molecular weight excluding hydrogens is 304 g/mol. The minimum Gasteiger partial charge on any atom is -0.334 e. The van der Waals surface area contributed by atoms with Crippen LogP contribution >= 0.6 is 15.9 Å². The average Bonchev–Trinajstić information content (AvgIpc) is 2.37. The smallest absolute Gasteiger partial charge is 0.272 e. The lowest BCUT2D eigenvalue weighted by atomic mass is 10.1. The molecule has 0 aromatic carbocycles. The molecule has 1 heterocycles. The molecule has 0 atom stereocenters. The number of carbonyl (C=O) groups is 1. The van der Waals surface area contributed by atoms with Crippen molar-refractivity contribution >= 4 is 21.8 Å². The lowest BCUT2D eigenvalue weighted by Gasteiger charge is -2.31. The molecule has 0 aliphatic heterocycles. The Hall–Kier alpha value is -0.900. The Labute approximate surface area is 124 Å². The maximum Gasteiger partial charge on any atom is 0.272 e. The largest absolute Gasteiger partial charge is 0.334 e. The molecule has 4 heteroatoms. The highest BCUT2D eigenvalue weighted by molar-refractivity contribution is 9.10. The van der Waals surface area contributed by atoms with Crippen LogP contribution in [0.5, 0.6) is 0 Å². The van der Waals surface area contributed by atoms with Gasteiger partial charge in [-0.15, -0.1) is 0 Å². The van der Waals surface area contributed by atoms with Gasteiger partial charge in [-0.3, -0.25) is 4.79 Å². The summed E-state index contributed by atoms with van der Waals surface area (Å²) in [6.07, 6.45) is 1.95. The molecule has 0 aliphatic rings. The topological polar surface area (TPSA) is 33.2 Å². The SMILES string of the molecule is CCC(CC)N(CC(C)C)C(=O)c1cccc(Br)n1. The second-order valence-corrected chi connectivity index (χ2v) is 5.98. The average molecular weight is 327 g/mol. The van der Waals surface area contributed by atoms with E-state index < -0.39 is 0 Å². The third kappa shape index (κ3) is 4.60. The Morgan fingerprint density at radius 2 is 1.95 bits per heavy atom. The minimum absolute atomic E-state index is 0.0312. The molecule has 1 rings (SSSR count). The van der Waals surface area contributed by atoms with Crippen molar-refractivity contribution in [2.45, 2.75) is 46.6 Å². The Morgan fingerprint density at radius 1 is 1.32 bits per heavy atom. The van der Waals surface area contributed by atoms with Crippen LogP contribution in [0.3, 0.4) is 0 Å². The van der Waals surface area contributed by atoms with E-state index in [-0.39, 0.29) is 11.9 Å². The van der Waals surface area contributed by atoms with Crippen LogP contribution in [0, 0.1) is 5.92 Å². The molecule has 0 fully saturated rings. The van der Waals surface area contributed by atoms with Crippen LogP contribution < -0.4 is 0 Å². The molecule has 0 spiro atoms. The number of rotatable bonds is 6. The zero-order valence-corrected chi connectivity index (χ0v) is 13.8. The molecule has 0 unspecified atom stereocenters. The zero-order chi connectivity index (χ0) is 14.4. The van der Waals surface area contributed by atoms with Crippen molar-refractivity contribution in [3.05, 3.63) is 28.5 Å². The Balaban J connectivity index is 2.99. The first kappa shape index (κ1) is 16.2. The van der Waals surface area contributed by atoms with Crippen LogP contribution in [0.2, 0.25) is 0 Å². The van der Waals surface area contributed by atoms with Gasteiger partial charge >= 0.3 is 0 Å². The standard InChI is InChI=1S/C15H23BrN2O/c1-5-12(6-2)18(10-11(3)4)15(19)13-8-7-9-14(16)17-13/h7-9,11-12H,5-6,10H2,1-4H3. The maximum absolute atomic E-state index is 12.6. The normalized spacial score (nSPS) is 11.1. The molecule has 1 aromatic rings. The number of nitrogens with zero attached hydrogens (tertiary/aromatic N) is 2. The van der Waals surface area contributed by atoms with Gasteiger partial charge in [-0.25, -0.2) is 4.98 Å². The quantitative estimate of drug-likeness (QED) is 0.736. The lowest BCUT2D eigenvalue weighted by Crippen LogP contribution is -2.42. The summed E-state index contributed by atoms with van der Waals surface area (Å²) in [6.45, 7) is 9.31. The van der Waals surface area contributed by atoms with Gasteiger partial charge in [0.15, 0.2) is 0 Å². The van der Waals surface area contributed by atoms with Gasteiger partial charge in [0.25, 0.3) is 5.91 Å². The molecule has 19 heavy (non-hydrogen) atoms. The Kier molecular flexibility index (Phi) is 6.49. The summed E-state index contributed by atoms with van der Waals surface area (Å²) < 4.78 is 0.701. The van der Waals surface area contributed by atoms with Crippen molar-refractivity contribution in [1.82, 2.24) is 9.88 Å². The fourth-order valence-electron chi connectivity index (χ4n) is 2.20. The van der Waals surface area contributed by atoms with Crippen LogP contribution in [0.15, 0.2) is 22.8 Å². The first-order valence-corrected chi connectivity index (χ1v) is 7.72. The highest BCUT2D eigenvalue weighted by Gasteiger charge is 2.24. The van der Waals surface area contributed by atoms with Gasteiger partial charge in [-0.1, -0.05) is 33.8 Å². The third-order valence-electron chi connectivity index (χ3n) is 3.14. The molecule has 0 radical (unpaired) electrons. The Bertz CT molecular complexity index is 416. The van der Waals surface area contributed by atoms with Crippen molar-refractivity contribution < 1.29 is 4.79 Å². The summed E-state index contributed by atoms with van der Waals surface area (Å²) in [6, 6.07) is 5.75. The van der Waals surface area contributed by atoms with E-state index in [0.29, 0.717) is 16.2 Å². The van der Waals surface area contributed by atoms with E-state index in [0.717, 1.165) is 19.4 Å².